The maximum absolute atomic E-state index is 12.9. The first-order valence-electron chi connectivity index (χ1n) is 7.78. The predicted molar refractivity (Wildman–Crippen MR) is 89.0 cm³/mol. The Morgan fingerprint density at radius 2 is 1.57 bits per heavy atom. The Morgan fingerprint density at radius 3 is 2.13 bits per heavy atom. The zero-order chi connectivity index (χ0) is 17.0. The van der Waals surface area contributed by atoms with Crippen LogP contribution in [-0.2, 0) is 0 Å². The van der Waals surface area contributed by atoms with E-state index in [1.165, 1.54) is 6.20 Å². The number of carbonyl (C=O) groups excluding carboxylic acids is 1. The van der Waals surface area contributed by atoms with Crippen LogP contribution in [0.2, 0.25) is 0 Å². The van der Waals surface area contributed by atoms with Crippen molar-refractivity contribution in [2.24, 2.45) is 0 Å². The van der Waals surface area contributed by atoms with Gasteiger partial charge in [-0.15, -0.1) is 0 Å². The average Bonchev–Trinajstić information content (AvgIpc) is 2.54. The monoisotopic (exact) mass is 313 g/mol. The van der Waals surface area contributed by atoms with Gasteiger partial charge in [0.15, 0.2) is 0 Å². The molecule has 5 heteroatoms. The Kier molecular flexibility index (Phi) is 5.45. The number of nitrogens with zero attached hydrogens (tertiary/aromatic N) is 3. The maximum Gasteiger partial charge on any atom is 0.256 e. The average molecular weight is 313 g/mol. The fourth-order valence-corrected chi connectivity index (χ4v) is 2.75. The molecule has 23 heavy (non-hydrogen) atoms. The van der Waals surface area contributed by atoms with Crippen LogP contribution in [-0.4, -0.2) is 38.0 Å². The van der Waals surface area contributed by atoms with E-state index in [1.54, 1.807) is 41.7 Å². The second-order valence-electron chi connectivity index (χ2n) is 6.05. The van der Waals surface area contributed by atoms with E-state index in [0.29, 0.717) is 16.7 Å². The second kappa shape index (κ2) is 7.33. The Labute approximate surface area is 137 Å². The topological polar surface area (TPSA) is 66.3 Å². The van der Waals surface area contributed by atoms with E-state index in [1.807, 2.05) is 27.7 Å². The van der Waals surface area contributed by atoms with Gasteiger partial charge in [-0.05, 0) is 51.5 Å². The van der Waals surface area contributed by atoms with Gasteiger partial charge in [0, 0.05) is 42.4 Å². The predicted octanol–water partition coefficient (Wildman–Crippen LogP) is 2.82. The lowest BCUT2D eigenvalue weighted by Gasteiger charge is -2.31. The van der Waals surface area contributed by atoms with E-state index >= 15 is 0 Å². The van der Waals surface area contributed by atoms with Gasteiger partial charge < -0.3 is 10.0 Å². The van der Waals surface area contributed by atoms with Crippen molar-refractivity contribution in [1.82, 2.24) is 14.9 Å². The molecule has 0 bridgehead atoms. The van der Waals surface area contributed by atoms with Gasteiger partial charge in [0.05, 0.1) is 5.56 Å². The largest absolute Gasteiger partial charge is 0.384 e. The molecule has 0 aromatic carbocycles. The summed E-state index contributed by atoms with van der Waals surface area (Å²) in [6, 6.07) is 5.29. The molecule has 0 saturated carbocycles. The zero-order valence-corrected chi connectivity index (χ0v) is 14.0. The zero-order valence-electron chi connectivity index (χ0n) is 14.0. The number of amides is 1. The molecule has 1 N–H and O–H groups in total. The molecular weight excluding hydrogens is 290 g/mol. The van der Waals surface area contributed by atoms with E-state index in [9.17, 15) is 9.90 Å². The number of rotatable bonds is 5. The Hall–Kier alpha value is -2.27. The summed E-state index contributed by atoms with van der Waals surface area (Å²) in [5.74, 6) is -0.119. The minimum atomic E-state index is -0.888. The molecule has 2 heterocycles. The third-order valence-electron chi connectivity index (χ3n) is 3.75. The first-order valence-corrected chi connectivity index (χ1v) is 7.78. The highest BCUT2D eigenvalue weighted by Gasteiger charge is 2.26. The van der Waals surface area contributed by atoms with Gasteiger partial charge in [-0.2, -0.15) is 0 Å². The van der Waals surface area contributed by atoms with Crippen LogP contribution in [0.1, 0.15) is 55.3 Å². The molecule has 1 atom stereocenters. The van der Waals surface area contributed by atoms with Gasteiger partial charge in [0.1, 0.15) is 6.10 Å². The van der Waals surface area contributed by atoms with E-state index in [-0.39, 0.29) is 18.0 Å². The number of hydrogen-bond donors (Lipinski definition) is 1. The molecule has 5 nitrogen and oxygen atoms in total. The molecule has 0 spiro atoms. The highest BCUT2D eigenvalue weighted by Crippen LogP contribution is 2.25. The number of pyridine rings is 2. The van der Waals surface area contributed by atoms with Gasteiger partial charge in [-0.25, -0.2) is 0 Å². The summed E-state index contributed by atoms with van der Waals surface area (Å²) < 4.78 is 0. The fourth-order valence-electron chi connectivity index (χ4n) is 2.75. The fraction of sp³-hybridized carbons (Fsp3) is 0.389. The molecule has 2 aromatic rings. The van der Waals surface area contributed by atoms with Crippen LogP contribution in [0.4, 0.5) is 0 Å². The van der Waals surface area contributed by atoms with Crippen molar-refractivity contribution in [3.63, 3.8) is 0 Å². The lowest BCUT2D eigenvalue weighted by atomic mass is 9.98. The van der Waals surface area contributed by atoms with Crippen molar-refractivity contribution in [2.45, 2.75) is 45.9 Å². The number of aromatic nitrogens is 2. The van der Waals surface area contributed by atoms with Crippen molar-refractivity contribution < 1.29 is 9.90 Å². The smallest absolute Gasteiger partial charge is 0.256 e. The Balaban J connectivity index is 2.43. The van der Waals surface area contributed by atoms with E-state index in [2.05, 4.69) is 9.97 Å². The summed E-state index contributed by atoms with van der Waals surface area (Å²) in [6.45, 7) is 7.92. The molecule has 0 radical (unpaired) electrons. The Morgan fingerprint density at radius 1 is 1.00 bits per heavy atom. The summed E-state index contributed by atoms with van der Waals surface area (Å²) in [5.41, 5.74) is 1.68. The third-order valence-corrected chi connectivity index (χ3v) is 3.75. The highest BCUT2D eigenvalue weighted by atomic mass is 16.3. The minimum absolute atomic E-state index is 0.0635. The standard InChI is InChI=1S/C18H23N3O2/c1-12(2)21(13(3)4)18(23)16-11-20-10-7-15(16)17(22)14-5-8-19-9-6-14/h5-13,17,22H,1-4H3. The van der Waals surface area contributed by atoms with Crippen molar-refractivity contribution in [1.29, 1.82) is 0 Å². The van der Waals surface area contributed by atoms with Crippen LogP contribution in [0.25, 0.3) is 0 Å². The van der Waals surface area contributed by atoms with Crippen molar-refractivity contribution >= 4 is 5.91 Å². The normalized spacial score (nSPS) is 12.5. The van der Waals surface area contributed by atoms with E-state index < -0.39 is 6.10 Å². The van der Waals surface area contributed by atoms with Crippen LogP contribution in [0.3, 0.4) is 0 Å². The molecular formula is C18H23N3O2. The highest BCUT2D eigenvalue weighted by molar-refractivity contribution is 5.96. The van der Waals surface area contributed by atoms with Crippen LogP contribution < -0.4 is 0 Å². The van der Waals surface area contributed by atoms with Gasteiger partial charge in [0.25, 0.3) is 5.91 Å². The molecule has 0 fully saturated rings. The van der Waals surface area contributed by atoms with E-state index in [0.717, 1.165) is 0 Å². The molecule has 0 aliphatic carbocycles. The van der Waals surface area contributed by atoms with Gasteiger partial charge in [-0.1, -0.05) is 0 Å². The Bertz CT molecular complexity index is 648. The van der Waals surface area contributed by atoms with Crippen LogP contribution in [0.5, 0.6) is 0 Å². The molecule has 0 saturated heterocycles. The summed E-state index contributed by atoms with van der Waals surface area (Å²) in [5, 5.41) is 10.7. The first kappa shape index (κ1) is 17.1. The van der Waals surface area contributed by atoms with Crippen molar-refractivity contribution in [3.05, 3.63) is 59.7 Å². The summed E-state index contributed by atoms with van der Waals surface area (Å²) in [7, 11) is 0. The molecule has 0 aliphatic rings. The minimum Gasteiger partial charge on any atom is -0.384 e. The molecule has 122 valence electrons. The van der Waals surface area contributed by atoms with Gasteiger partial charge >= 0.3 is 0 Å². The quantitative estimate of drug-likeness (QED) is 0.922. The maximum atomic E-state index is 12.9. The van der Waals surface area contributed by atoms with Crippen molar-refractivity contribution in [2.75, 3.05) is 0 Å². The van der Waals surface area contributed by atoms with Crippen molar-refractivity contribution in [3.8, 4) is 0 Å². The molecule has 0 aliphatic heterocycles. The molecule has 1 unspecified atom stereocenters. The lowest BCUT2D eigenvalue weighted by molar-refractivity contribution is 0.0638. The number of carbonyl (C=O) groups is 1. The summed E-state index contributed by atoms with van der Waals surface area (Å²) >= 11 is 0. The van der Waals surface area contributed by atoms with Gasteiger partial charge in [-0.3, -0.25) is 14.8 Å². The molecule has 1 amide bonds. The van der Waals surface area contributed by atoms with E-state index in [4.69, 9.17) is 0 Å². The molecule has 2 aromatic heterocycles. The van der Waals surface area contributed by atoms with Crippen LogP contribution in [0.15, 0.2) is 43.0 Å². The summed E-state index contributed by atoms with van der Waals surface area (Å²) in [6.07, 6.45) is 5.47. The lowest BCUT2D eigenvalue weighted by Crippen LogP contribution is -2.42. The molecule has 2 rings (SSSR count). The number of aliphatic hydroxyl groups excluding tert-OH is 1. The second-order valence-corrected chi connectivity index (χ2v) is 6.05. The van der Waals surface area contributed by atoms with Crippen LogP contribution in [0, 0.1) is 0 Å². The third kappa shape index (κ3) is 3.74. The van der Waals surface area contributed by atoms with Gasteiger partial charge in [0.2, 0.25) is 0 Å². The number of hydrogen-bond acceptors (Lipinski definition) is 4. The SMILES string of the molecule is CC(C)N(C(=O)c1cnccc1C(O)c1ccncc1)C(C)C. The van der Waals surface area contributed by atoms with Crippen LogP contribution >= 0.6 is 0 Å². The number of aliphatic hydroxyl groups is 1. The summed E-state index contributed by atoms with van der Waals surface area (Å²) in [4.78, 5) is 22.8. The first-order chi connectivity index (χ1) is 10.9.